The molecule has 238 valence electrons. The highest BCUT2D eigenvalue weighted by Gasteiger charge is 2.42. The van der Waals surface area contributed by atoms with Crippen LogP contribution in [0.4, 0.5) is 11.8 Å². The number of fused-ring (bicyclic) bond motifs is 1. The van der Waals surface area contributed by atoms with Gasteiger partial charge in [-0.2, -0.15) is 9.97 Å². The van der Waals surface area contributed by atoms with Crippen LogP contribution in [0.1, 0.15) is 62.5 Å². The van der Waals surface area contributed by atoms with Crippen LogP contribution in [0.15, 0.2) is 67.0 Å². The maximum atomic E-state index is 13.5. The Balaban J connectivity index is 1.31. The lowest BCUT2D eigenvalue weighted by Crippen LogP contribution is -2.50. The molecule has 1 saturated carbocycles. The van der Waals surface area contributed by atoms with E-state index in [1.54, 1.807) is 11.0 Å². The van der Waals surface area contributed by atoms with E-state index in [-0.39, 0.29) is 19.1 Å². The largest absolute Gasteiger partial charge is 0.388 e. The van der Waals surface area contributed by atoms with Crippen molar-refractivity contribution in [2.45, 2.75) is 69.7 Å². The van der Waals surface area contributed by atoms with E-state index in [2.05, 4.69) is 39.9 Å². The molecule has 3 atom stereocenters. The summed E-state index contributed by atoms with van der Waals surface area (Å²) in [5, 5.41) is 28.8. The van der Waals surface area contributed by atoms with E-state index < -0.39 is 24.2 Å². The minimum Gasteiger partial charge on any atom is -0.388 e. The topological polar surface area (TPSA) is 138 Å². The summed E-state index contributed by atoms with van der Waals surface area (Å²) in [4.78, 5) is 27.9. The molecule has 1 saturated heterocycles. The molecule has 0 bridgehead atoms. The first-order valence-electron chi connectivity index (χ1n) is 16.2. The van der Waals surface area contributed by atoms with Crippen LogP contribution in [0.5, 0.6) is 0 Å². The Kier molecular flexibility index (Phi) is 9.88. The van der Waals surface area contributed by atoms with Crippen molar-refractivity contribution in [2.75, 3.05) is 41.9 Å². The number of ether oxygens (including phenoxy) is 1. The highest BCUT2D eigenvalue weighted by atomic mass is 16.5. The summed E-state index contributed by atoms with van der Waals surface area (Å²) in [6.07, 6.45) is 5.43. The second kappa shape index (κ2) is 14.4. The third-order valence-corrected chi connectivity index (χ3v) is 9.03. The maximum absolute atomic E-state index is 13.5. The van der Waals surface area contributed by atoms with E-state index in [0.29, 0.717) is 35.4 Å². The number of aliphatic hydroxyl groups is 2. The molecular formula is C34H43N7O4. The van der Waals surface area contributed by atoms with Crippen LogP contribution in [0.2, 0.25) is 0 Å². The third-order valence-electron chi connectivity index (χ3n) is 9.03. The van der Waals surface area contributed by atoms with Crippen molar-refractivity contribution in [3.63, 3.8) is 0 Å². The molecule has 2 aromatic heterocycles. The summed E-state index contributed by atoms with van der Waals surface area (Å²) < 4.78 is 7.04. The van der Waals surface area contributed by atoms with Gasteiger partial charge in [0, 0.05) is 25.6 Å². The van der Waals surface area contributed by atoms with Gasteiger partial charge in [-0.1, -0.05) is 92.8 Å². The zero-order valence-corrected chi connectivity index (χ0v) is 25.8. The predicted octanol–water partition coefficient (Wildman–Crippen LogP) is 4.06. The van der Waals surface area contributed by atoms with Gasteiger partial charge in [0.05, 0.1) is 6.61 Å². The van der Waals surface area contributed by atoms with Gasteiger partial charge in [0.1, 0.15) is 18.5 Å². The quantitative estimate of drug-likeness (QED) is 0.186. The number of anilines is 2. The van der Waals surface area contributed by atoms with Gasteiger partial charge in [-0.15, -0.1) is 0 Å². The van der Waals surface area contributed by atoms with Crippen molar-refractivity contribution in [2.24, 2.45) is 5.92 Å². The summed E-state index contributed by atoms with van der Waals surface area (Å²) in [5.74, 6) is 1.30. The van der Waals surface area contributed by atoms with E-state index in [9.17, 15) is 15.0 Å². The molecule has 1 aliphatic carbocycles. The second-order valence-corrected chi connectivity index (χ2v) is 12.0. The number of benzene rings is 2. The lowest BCUT2D eigenvalue weighted by molar-refractivity contribution is -0.132. The van der Waals surface area contributed by atoms with E-state index in [1.807, 2.05) is 43.3 Å². The molecule has 0 spiro atoms. The molecule has 3 heterocycles. The van der Waals surface area contributed by atoms with Crippen molar-refractivity contribution in [1.29, 1.82) is 0 Å². The van der Waals surface area contributed by atoms with Gasteiger partial charge in [0.15, 0.2) is 23.1 Å². The number of hydrogen-bond acceptors (Lipinski definition) is 9. The number of imidazole rings is 1. The predicted molar refractivity (Wildman–Crippen MR) is 174 cm³/mol. The zero-order chi connectivity index (χ0) is 31.2. The van der Waals surface area contributed by atoms with Gasteiger partial charge >= 0.3 is 0 Å². The summed E-state index contributed by atoms with van der Waals surface area (Å²) >= 11 is 0. The fourth-order valence-electron chi connectivity index (χ4n) is 6.51. The summed E-state index contributed by atoms with van der Waals surface area (Å²) in [6.45, 7) is 3.31. The molecule has 0 unspecified atom stereocenters. The number of carbonyl (C=O) groups excluding carboxylic acids is 1. The Morgan fingerprint density at radius 1 is 1.00 bits per heavy atom. The van der Waals surface area contributed by atoms with Gasteiger partial charge < -0.3 is 25.6 Å². The van der Waals surface area contributed by atoms with Gasteiger partial charge in [-0.05, 0) is 30.4 Å². The average Bonchev–Trinajstić information content (AvgIpc) is 3.65. The Bertz CT molecular complexity index is 1500. The first-order valence-corrected chi connectivity index (χ1v) is 16.2. The van der Waals surface area contributed by atoms with E-state index in [4.69, 9.17) is 14.7 Å². The van der Waals surface area contributed by atoms with Crippen LogP contribution in [0.3, 0.4) is 0 Å². The Morgan fingerprint density at radius 3 is 2.31 bits per heavy atom. The molecule has 2 aromatic carbocycles. The number of likely N-dealkylation sites (N-methyl/N-ethyl adjacent to an activating group) is 1. The molecule has 6 rings (SSSR count). The Labute approximate surface area is 263 Å². The molecule has 0 radical (unpaired) electrons. The number of carbonyl (C=O) groups is 1. The molecule has 45 heavy (non-hydrogen) atoms. The summed E-state index contributed by atoms with van der Waals surface area (Å²) in [6, 6.07) is 20.7. The van der Waals surface area contributed by atoms with Gasteiger partial charge in [0.2, 0.25) is 5.95 Å². The second-order valence-electron chi connectivity index (χ2n) is 12.0. The number of nitrogens with zero attached hydrogens (tertiary/aromatic N) is 5. The lowest BCUT2D eigenvalue weighted by Gasteiger charge is -2.26. The smallest absolute Gasteiger partial charge is 0.273 e. The molecule has 2 aliphatic rings. The van der Waals surface area contributed by atoms with E-state index in [1.165, 1.54) is 48.2 Å². The number of rotatable bonds is 12. The first kappa shape index (κ1) is 30.9. The fraction of sp³-hybridized carbons (Fsp3) is 0.471. The van der Waals surface area contributed by atoms with Crippen molar-refractivity contribution in [3.05, 3.63) is 78.1 Å². The van der Waals surface area contributed by atoms with Crippen LogP contribution < -0.4 is 15.6 Å². The summed E-state index contributed by atoms with van der Waals surface area (Å²) in [7, 11) is 0. The van der Waals surface area contributed by atoms with E-state index in [0.717, 1.165) is 13.0 Å². The average molecular weight is 614 g/mol. The highest BCUT2D eigenvalue weighted by Crippen LogP contribution is 2.29. The number of nitrogens with one attached hydrogen (secondary N) is 2. The molecule has 11 nitrogen and oxygen atoms in total. The van der Waals surface area contributed by atoms with Gasteiger partial charge in [-0.25, -0.2) is 14.7 Å². The number of aromatic nitrogens is 4. The molecule has 1 amide bonds. The normalized spacial score (nSPS) is 20.5. The van der Waals surface area contributed by atoms with Crippen molar-refractivity contribution < 1.29 is 19.7 Å². The maximum Gasteiger partial charge on any atom is 0.273 e. The molecular weight excluding hydrogens is 570 g/mol. The number of hydrogen-bond donors (Lipinski definition) is 4. The molecule has 2 fully saturated rings. The number of aliphatic hydroxyl groups excluding tert-OH is 2. The monoisotopic (exact) mass is 613 g/mol. The van der Waals surface area contributed by atoms with Crippen LogP contribution >= 0.6 is 0 Å². The first-order chi connectivity index (χ1) is 22.0. The minimum atomic E-state index is -1.31. The van der Waals surface area contributed by atoms with Crippen LogP contribution in [-0.4, -0.2) is 80.3 Å². The van der Waals surface area contributed by atoms with Gasteiger partial charge in [-0.3, -0.25) is 4.79 Å². The molecule has 4 N–H and O–H groups in total. The third kappa shape index (κ3) is 6.95. The van der Waals surface area contributed by atoms with E-state index >= 15 is 0 Å². The van der Waals surface area contributed by atoms with Crippen molar-refractivity contribution in [1.82, 2.24) is 19.6 Å². The molecule has 11 heteroatoms. The zero-order valence-electron chi connectivity index (χ0n) is 25.8. The standard InChI is InChI=1S/C34H43N7O4/c1-2-40(33(44)30-29(43)27(42)21-45-30)41-22-37-28-31(38-34(39-32(28)41)35-19-18-23-12-6-3-7-13-23)36-20-26(24-14-8-4-9-15-24)25-16-10-5-11-17-25/h4-5,8-11,14-17,22-23,26-27,29-30,42-43H,2-3,6-7,12-13,18-21H2,1H3,(H2,35,36,38,39)/t27-,29-,30-/m0/s1. The number of amides is 1. The molecule has 1 aliphatic heterocycles. The van der Waals surface area contributed by atoms with Crippen molar-refractivity contribution >= 4 is 28.8 Å². The van der Waals surface area contributed by atoms with Crippen LogP contribution in [-0.2, 0) is 9.53 Å². The highest BCUT2D eigenvalue weighted by molar-refractivity contribution is 5.93. The molecule has 4 aromatic rings. The minimum absolute atomic E-state index is 0.0587. The Morgan fingerprint density at radius 2 is 1.69 bits per heavy atom. The van der Waals surface area contributed by atoms with Crippen LogP contribution in [0, 0.1) is 5.92 Å². The lowest BCUT2D eigenvalue weighted by atomic mass is 9.87. The van der Waals surface area contributed by atoms with Crippen LogP contribution in [0.25, 0.3) is 11.2 Å². The van der Waals surface area contributed by atoms with Crippen molar-refractivity contribution in [3.8, 4) is 0 Å². The fourth-order valence-corrected chi connectivity index (χ4v) is 6.51. The van der Waals surface area contributed by atoms with Gasteiger partial charge in [0.25, 0.3) is 5.91 Å². The SMILES string of the molecule is CCN(C(=O)[C@H]1OC[C@H](O)[C@@H]1O)n1cnc2c(NCC(c3ccccc3)c3ccccc3)nc(NCCC3CCCCC3)nc21. The summed E-state index contributed by atoms with van der Waals surface area (Å²) in [5.41, 5.74) is 3.33. The Hall–Kier alpha value is -4.06.